The quantitative estimate of drug-likeness (QED) is 0.0900. The Morgan fingerprint density at radius 3 is 1.61 bits per heavy atom. The molecule has 2 unspecified atom stereocenters. The van der Waals surface area contributed by atoms with Crippen molar-refractivity contribution in [2.45, 2.75) is 49.4 Å². The first kappa shape index (κ1) is 49.4. The van der Waals surface area contributed by atoms with Gasteiger partial charge in [-0.05, 0) is 65.9 Å². The van der Waals surface area contributed by atoms with Crippen molar-refractivity contribution in [2.75, 3.05) is 26.2 Å². The zero-order chi connectivity index (χ0) is 50.0. The standard InChI is InChI=1S/C22H19F4N7.C17H16BrF3N6.C5H5BFNO2/c23-18-17(6-2-7-28-18)14-4-1-5-15(10-14)22(16-11-30-32(12-16)13-21(24,25)26)19-29-8-3-9-33(19)20(27)31-22;18-13-4-1-3-11(7-13)17(12-8-24-26(9-12)10-16(19,20)21)14-23-5-2-6-27(14)15(22)25-17;7-5-4(6(9)10)2-1-3-8-5/h1-2,4-7,10-12H,3,8-9,13H2,(H2,27,31);1,3-4,7-9H,2,5-6,10H2,(H2,22,25);1-3,9-10H. The van der Waals surface area contributed by atoms with Crippen molar-refractivity contribution in [3.8, 4) is 11.1 Å². The molecule has 0 saturated carbocycles. The third-order valence-corrected chi connectivity index (χ3v) is 11.8. The van der Waals surface area contributed by atoms with E-state index in [1.54, 1.807) is 41.3 Å². The van der Waals surface area contributed by atoms with Crippen LogP contribution in [0.1, 0.15) is 35.1 Å². The predicted molar refractivity (Wildman–Crippen MR) is 246 cm³/mol. The van der Waals surface area contributed by atoms with E-state index in [-0.39, 0.29) is 11.4 Å². The summed E-state index contributed by atoms with van der Waals surface area (Å²) < 4.78 is 107. The molecule has 2 atom stereocenters. The molecule has 6 N–H and O–H groups in total. The van der Waals surface area contributed by atoms with Gasteiger partial charge in [-0.1, -0.05) is 52.3 Å². The summed E-state index contributed by atoms with van der Waals surface area (Å²) in [4.78, 5) is 29.2. The highest BCUT2D eigenvalue weighted by molar-refractivity contribution is 9.10. The average molecular weight is 1040 g/mol. The second-order valence-corrected chi connectivity index (χ2v) is 17.0. The van der Waals surface area contributed by atoms with Gasteiger partial charge in [0.1, 0.15) is 24.8 Å². The normalized spacial score (nSPS) is 19.6. The van der Waals surface area contributed by atoms with Gasteiger partial charge in [-0.2, -0.15) is 45.3 Å². The van der Waals surface area contributed by atoms with Gasteiger partial charge in [0, 0.05) is 77.6 Å². The van der Waals surface area contributed by atoms with E-state index in [9.17, 15) is 35.1 Å². The van der Waals surface area contributed by atoms with Crippen LogP contribution in [0.3, 0.4) is 0 Å². The maximum Gasteiger partial charge on any atom is 0.493 e. The number of nitrogens with two attached hydrogens (primary N) is 2. The number of aliphatic imine (C=N–C) groups is 4. The lowest BCUT2D eigenvalue weighted by atomic mass is 9.81. The smallest absolute Gasteiger partial charge is 0.423 e. The highest BCUT2D eigenvalue weighted by Gasteiger charge is 2.51. The number of alkyl halides is 6. The summed E-state index contributed by atoms with van der Waals surface area (Å²) in [7, 11) is -1.78. The Morgan fingerprint density at radius 2 is 1.14 bits per heavy atom. The number of benzene rings is 2. The molecule has 70 heavy (non-hydrogen) atoms. The van der Waals surface area contributed by atoms with E-state index >= 15 is 0 Å². The van der Waals surface area contributed by atoms with E-state index in [4.69, 9.17) is 31.5 Å². The molecular weight excluding hydrogens is 999 g/mol. The van der Waals surface area contributed by atoms with E-state index in [0.717, 1.165) is 32.2 Å². The van der Waals surface area contributed by atoms with Crippen molar-refractivity contribution >= 4 is 52.1 Å². The van der Waals surface area contributed by atoms with Gasteiger partial charge < -0.3 is 21.5 Å². The highest BCUT2D eigenvalue weighted by Crippen LogP contribution is 2.44. The number of amidine groups is 2. The molecule has 0 bridgehead atoms. The fourth-order valence-electron chi connectivity index (χ4n) is 8.41. The van der Waals surface area contributed by atoms with Crippen molar-refractivity contribution in [2.24, 2.45) is 31.4 Å². The molecule has 0 radical (unpaired) electrons. The third-order valence-electron chi connectivity index (χ3n) is 11.3. The van der Waals surface area contributed by atoms with Crippen molar-refractivity contribution in [3.63, 3.8) is 0 Å². The average Bonchev–Trinajstić information content (AvgIpc) is 4.11. The first-order chi connectivity index (χ1) is 33.3. The van der Waals surface area contributed by atoms with Crippen molar-refractivity contribution < 1.29 is 45.2 Å². The second-order valence-electron chi connectivity index (χ2n) is 16.1. The summed E-state index contributed by atoms with van der Waals surface area (Å²) in [6, 6.07) is 20.3. The molecular formula is C44H40BBrF8N14O2. The topological polar surface area (TPSA) is 210 Å². The Labute approximate surface area is 402 Å². The van der Waals surface area contributed by atoms with Crippen LogP contribution in [-0.4, -0.2) is 119 Å². The van der Waals surface area contributed by atoms with Crippen LogP contribution in [0.4, 0.5) is 35.1 Å². The zero-order valence-electron chi connectivity index (χ0n) is 36.4. The van der Waals surface area contributed by atoms with Crippen LogP contribution in [0, 0.1) is 11.9 Å². The molecule has 0 saturated heterocycles. The van der Waals surface area contributed by atoms with E-state index in [0.29, 0.717) is 71.6 Å². The van der Waals surface area contributed by atoms with Gasteiger partial charge in [-0.25, -0.2) is 20.0 Å². The van der Waals surface area contributed by atoms with Gasteiger partial charge in [-0.15, -0.1) is 0 Å². The Morgan fingerprint density at radius 1 is 0.643 bits per heavy atom. The zero-order valence-corrected chi connectivity index (χ0v) is 38.0. The molecule has 26 heteroatoms. The van der Waals surface area contributed by atoms with E-state index in [2.05, 4.69) is 46.1 Å². The molecule has 0 fully saturated rings. The van der Waals surface area contributed by atoms with E-state index < -0.39 is 55.5 Å². The molecule has 0 aliphatic carbocycles. The molecule has 0 amide bonds. The first-order valence-corrected chi connectivity index (χ1v) is 22.1. The maximum absolute atomic E-state index is 14.4. The predicted octanol–water partition coefficient (Wildman–Crippen LogP) is 5.11. The van der Waals surface area contributed by atoms with Crippen LogP contribution in [0.5, 0.6) is 0 Å². The van der Waals surface area contributed by atoms with Gasteiger partial charge >= 0.3 is 19.5 Å². The van der Waals surface area contributed by atoms with Gasteiger partial charge in [0.25, 0.3) is 0 Å². The number of pyridine rings is 2. The lowest BCUT2D eigenvalue weighted by molar-refractivity contribution is -0.143. The van der Waals surface area contributed by atoms with Crippen LogP contribution < -0.4 is 16.9 Å². The summed E-state index contributed by atoms with van der Waals surface area (Å²) in [6.45, 7) is -0.00837. The van der Waals surface area contributed by atoms with Gasteiger partial charge in [0.2, 0.25) is 11.9 Å². The lowest BCUT2D eigenvalue weighted by Crippen LogP contribution is -2.46. The van der Waals surface area contributed by atoms with Gasteiger partial charge in [0.05, 0.1) is 12.4 Å². The number of rotatable bonds is 8. The number of hydrogen-bond acceptors (Lipinski definition) is 14. The minimum atomic E-state index is -4.43. The summed E-state index contributed by atoms with van der Waals surface area (Å²) in [6.07, 6.45) is 0.834. The summed E-state index contributed by atoms with van der Waals surface area (Å²) >= 11 is 3.45. The molecule has 6 aromatic rings. The SMILES string of the molecule is NC1=NC(c2cccc(-c3cccnc3F)c2)(c2cnn(CC(F)(F)F)c2)C2=NCCCN12.NC1=NC(c2cccc(Br)c2)(c2cnn(CC(F)(F)F)c2)C2=NCCCN12.OB(O)c1cccnc1F. The molecule has 4 aromatic heterocycles. The van der Waals surface area contributed by atoms with Crippen LogP contribution >= 0.6 is 15.9 Å². The fourth-order valence-corrected chi connectivity index (χ4v) is 8.81. The maximum atomic E-state index is 14.4. The fraction of sp³-hybridized carbons (Fsp3) is 0.273. The summed E-state index contributed by atoms with van der Waals surface area (Å²) in [5.41, 5.74) is 12.8. The molecule has 364 valence electrons. The number of guanidine groups is 2. The molecule has 4 aliphatic heterocycles. The number of aromatic nitrogens is 6. The Hall–Kier alpha value is -7.06. The number of fused-ring (bicyclic) bond motifs is 2. The van der Waals surface area contributed by atoms with Crippen molar-refractivity contribution in [1.29, 1.82) is 0 Å². The summed E-state index contributed by atoms with van der Waals surface area (Å²) in [5, 5.41) is 24.8. The van der Waals surface area contributed by atoms with E-state index in [1.165, 1.54) is 49.3 Å². The molecule has 8 heterocycles. The third kappa shape index (κ3) is 10.1. The number of nitrogens with zero attached hydrogens (tertiary/aromatic N) is 12. The van der Waals surface area contributed by atoms with Crippen LogP contribution in [-0.2, 0) is 24.2 Å². The second kappa shape index (κ2) is 19.7. The molecule has 4 aliphatic rings. The molecule has 2 aromatic carbocycles. The number of halogens is 9. The van der Waals surface area contributed by atoms with Crippen molar-refractivity contribution in [1.82, 2.24) is 39.3 Å². The van der Waals surface area contributed by atoms with Crippen molar-refractivity contribution in [3.05, 3.63) is 149 Å². The largest absolute Gasteiger partial charge is 0.493 e. The Balaban J connectivity index is 0.000000160. The van der Waals surface area contributed by atoms with E-state index in [1.807, 2.05) is 29.2 Å². The van der Waals surface area contributed by atoms with Crippen LogP contribution in [0.15, 0.2) is 134 Å². The monoisotopic (exact) mass is 1040 g/mol. The van der Waals surface area contributed by atoms with Gasteiger partial charge in [-0.3, -0.25) is 29.1 Å². The minimum Gasteiger partial charge on any atom is -0.423 e. The number of hydrogen-bond donors (Lipinski definition) is 4. The van der Waals surface area contributed by atoms with Gasteiger partial charge in [0.15, 0.2) is 23.0 Å². The minimum absolute atomic E-state index is 0.206. The first-order valence-electron chi connectivity index (χ1n) is 21.3. The Bertz CT molecular complexity index is 3000. The van der Waals surface area contributed by atoms with Crippen LogP contribution in [0.2, 0.25) is 0 Å². The molecule has 10 rings (SSSR count). The molecule has 16 nitrogen and oxygen atoms in total. The Kier molecular flexibility index (Phi) is 13.9. The lowest BCUT2D eigenvalue weighted by Gasteiger charge is -2.32. The molecule has 0 spiro atoms. The van der Waals surface area contributed by atoms with Crippen LogP contribution in [0.25, 0.3) is 11.1 Å². The highest BCUT2D eigenvalue weighted by atomic mass is 79.9. The summed E-state index contributed by atoms with van der Waals surface area (Å²) in [5.74, 6) is 0.176.